The number of benzene rings is 2. The molecule has 2 aliphatic rings. The fraction of sp³-hybridized carbons (Fsp3) is 0.387. The van der Waals surface area contributed by atoms with E-state index in [-0.39, 0.29) is 0 Å². The maximum atomic E-state index is 6.46. The highest BCUT2D eigenvalue weighted by Crippen LogP contribution is 2.39. The molecule has 0 radical (unpaired) electrons. The van der Waals surface area contributed by atoms with E-state index in [2.05, 4.69) is 62.2 Å². The van der Waals surface area contributed by atoms with Gasteiger partial charge in [0.2, 0.25) is 5.95 Å². The molecule has 5 aromatic rings. The number of nitrogens with zero attached hydrogens (tertiary/aromatic N) is 7. The first-order chi connectivity index (χ1) is 20.0. The second-order valence-corrected chi connectivity index (χ2v) is 11.9. The highest BCUT2D eigenvalue weighted by atomic mass is 35.5. The van der Waals surface area contributed by atoms with E-state index in [0.717, 1.165) is 57.7 Å². The SMILES string of the molecule is CN1CCN(C2CCC(n3cc(-c4ccc(Nc5nc6cccc(Cl)c6n5C)cc4)c4c(N)ncnc43)CC2)CC1. The van der Waals surface area contributed by atoms with Crippen LogP contribution in [0.4, 0.5) is 17.5 Å². The number of likely N-dealkylation sites (N-methyl/N-ethyl adjacent to an activating group) is 1. The number of hydrogen-bond donors (Lipinski definition) is 2. The molecule has 3 N–H and O–H groups in total. The maximum absolute atomic E-state index is 6.46. The van der Waals surface area contributed by atoms with Gasteiger partial charge in [-0.2, -0.15) is 0 Å². The zero-order valence-corrected chi connectivity index (χ0v) is 24.3. The van der Waals surface area contributed by atoms with Crippen molar-refractivity contribution in [3.63, 3.8) is 0 Å². The molecule has 1 aliphatic carbocycles. The van der Waals surface area contributed by atoms with Gasteiger partial charge in [0, 0.05) is 62.8 Å². The Kier molecular flexibility index (Phi) is 6.81. The summed E-state index contributed by atoms with van der Waals surface area (Å²) < 4.78 is 4.34. The molecule has 0 unspecified atom stereocenters. The number of rotatable bonds is 5. The van der Waals surface area contributed by atoms with Gasteiger partial charge in [0.05, 0.1) is 21.4 Å². The van der Waals surface area contributed by atoms with Crippen LogP contribution in [0, 0.1) is 0 Å². The summed E-state index contributed by atoms with van der Waals surface area (Å²) in [6.45, 7) is 4.70. The number of aromatic nitrogens is 5. The number of para-hydroxylation sites is 1. The van der Waals surface area contributed by atoms with Gasteiger partial charge in [0.25, 0.3) is 0 Å². The minimum atomic E-state index is 0.412. The molecule has 10 heteroatoms. The molecule has 9 nitrogen and oxygen atoms in total. The first-order valence-electron chi connectivity index (χ1n) is 14.5. The van der Waals surface area contributed by atoms with Crippen molar-refractivity contribution >= 4 is 51.1 Å². The van der Waals surface area contributed by atoms with Gasteiger partial charge in [-0.3, -0.25) is 4.90 Å². The Morgan fingerprint density at radius 1 is 0.902 bits per heavy atom. The number of fused-ring (bicyclic) bond motifs is 2. The number of aryl methyl sites for hydroxylation is 1. The van der Waals surface area contributed by atoms with Crippen molar-refractivity contribution < 1.29 is 0 Å². The van der Waals surface area contributed by atoms with E-state index in [4.69, 9.17) is 27.3 Å². The van der Waals surface area contributed by atoms with Gasteiger partial charge in [-0.05, 0) is 62.6 Å². The molecule has 4 heterocycles. The highest BCUT2D eigenvalue weighted by Gasteiger charge is 2.30. The van der Waals surface area contributed by atoms with Gasteiger partial charge in [-0.25, -0.2) is 15.0 Å². The summed E-state index contributed by atoms with van der Waals surface area (Å²) in [5.74, 6) is 1.26. The lowest BCUT2D eigenvalue weighted by Crippen LogP contribution is -2.49. The quantitative estimate of drug-likeness (QED) is 0.281. The molecule has 0 bridgehead atoms. The average molecular weight is 570 g/mol. The van der Waals surface area contributed by atoms with Gasteiger partial charge >= 0.3 is 0 Å². The van der Waals surface area contributed by atoms with E-state index in [9.17, 15) is 0 Å². The minimum Gasteiger partial charge on any atom is -0.383 e. The van der Waals surface area contributed by atoms with Crippen LogP contribution in [-0.2, 0) is 7.05 Å². The van der Waals surface area contributed by atoms with Crippen molar-refractivity contribution in [1.29, 1.82) is 0 Å². The topological polar surface area (TPSA) is 93.1 Å². The van der Waals surface area contributed by atoms with Crippen LogP contribution in [-0.4, -0.2) is 73.2 Å². The number of imidazole rings is 1. The predicted octanol–water partition coefficient (Wildman–Crippen LogP) is 5.70. The fourth-order valence-electron chi connectivity index (χ4n) is 6.69. The van der Waals surface area contributed by atoms with Crippen LogP contribution >= 0.6 is 11.6 Å². The molecule has 1 aliphatic heterocycles. The Labute approximate surface area is 244 Å². The van der Waals surface area contributed by atoms with Crippen molar-refractivity contribution in [2.75, 3.05) is 44.3 Å². The van der Waals surface area contributed by atoms with Crippen molar-refractivity contribution in [1.82, 2.24) is 33.9 Å². The summed E-state index contributed by atoms with van der Waals surface area (Å²) in [6.07, 6.45) is 8.57. The Morgan fingerprint density at radius 3 is 2.37 bits per heavy atom. The molecule has 0 amide bonds. The fourth-order valence-corrected chi connectivity index (χ4v) is 6.99. The van der Waals surface area contributed by atoms with Crippen LogP contribution in [0.25, 0.3) is 33.2 Å². The summed E-state index contributed by atoms with van der Waals surface area (Å²) in [5, 5.41) is 5.05. The summed E-state index contributed by atoms with van der Waals surface area (Å²) >= 11 is 6.42. The standard InChI is InChI=1S/C31H36ClN9/c1-38-14-16-40(17-15-38)22-10-12-23(13-11-22)41-18-24(27-29(33)34-19-35-30(27)41)20-6-8-21(9-7-20)36-31-37-26-5-3-4-25(32)28(26)39(31)2/h3-9,18-19,22-23H,10-17H2,1-2H3,(H,36,37)(H2,33,34,35). The maximum Gasteiger partial charge on any atom is 0.208 e. The molecule has 1 saturated carbocycles. The molecule has 1 saturated heterocycles. The minimum absolute atomic E-state index is 0.412. The summed E-state index contributed by atoms with van der Waals surface area (Å²) in [4.78, 5) is 18.9. The Bertz CT molecular complexity index is 1690. The summed E-state index contributed by atoms with van der Waals surface area (Å²) in [5.41, 5.74) is 12.3. The van der Waals surface area contributed by atoms with E-state index >= 15 is 0 Å². The van der Waals surface area contributed by atoms with Crippen molar-refractivity contribution in [3.8, 4) is 11.1 Å². The second kappa shape index (κ2) is 10.6. The van der Waals surface area contributed by atoms with Crippen LogP contribution in [0.15, 0.2) is 55.0 Å². The number of nitrogens with two attached hydrogens (primary N) is 1. The molecular formula is C31H36ClN9. The summed E-state index contributed by atoms with van der Waals surface area (Å²) in [6, 6.07) is 15.2. The molecule has 41 heavy (non-hydrogen) atoms. The monoisotopic (exact) mass is 569 g/mol. The van der Waals surface area contributed by atoms with Gasteiger partial charge in [-0.1, -0.05) is 29.8 Å². The van der Waals surface area contributed by atoms with E-state index in [1.54, 1.807) is 6.33 Å². The number of nitrogen functional groups attached to an aromatic ring is 1. The molecular weight excluding hydrogens is 534 g/mol. The molecule has 0 spiro atoms. The Balaban J connectivity index is 1.13. The van der Waals surface area contributed by atoms with E-state index < -0.39 is 0 Å². The van der Waals surface area contributed by atoms with Crippen LogP contribution in [0.3, 0.4) is 0 Å². The van der Waals surface area contributed by atoms with E-state index in [1.807, 2.05) is 29.8 Å². The normalized spacial score (nSPS) is 20.7. The van der Waals surface area contributed by atoms with Gasteiger partial charge in [0.15, 0.2) is 0 Å². The van der Waals surface area contributed by atoms with Crippen LogP contribution in [0.5, 0.6) is 0 Å². The van der Waals surface area contributed by atoms with Crippen LogP contribution in [0.2, 0.25) is 5.02 Å². The molecule has 0 atom stereocenters. The smallest absolute Gasteiger partial charge is 0.208 e. The third kappa shape index (κ3) is 4.81. The second-order valence-electron chi connectivity index (χ2n) is 11.5. The average Bonchev–Trinajstić information content (AvgIpc) is 3.53. The number of halogens is 1. The van der Waals surface area contributed by atoms with Crippen molar-refractivity contribution in [3.05, 3.63) is 60.0 Å². The predicted molar refractivity (Wildman–Crippen MR) is 167 cm³/mol. The first-order valence-corrected chi connectivity index (χ1v) is 14.9. The van der Waals surface area contributed by atoms with Crippen molar-refractivity contribution in [2.45, 2.75) is 37.8 Å². The molecule has 3 aromatic heterocycles. The van der Waals surface area contributed by atoms with E-state index in [1.165, 1.54) is 39.0 Å². The lowest BCUT2D eigenvalue weighted by molar-refractivity contribution is 0.0828. The number of nitrogens with one attached hydrogen (secondary N) is 1. The van der Waals surface area contributed by atoms with Gasteiger partial charge in [0.1, 0.15) is 17.8 Å². The molecule has 212 valence electrons. The Hall–Kier alpha value is -3.66. The number of piperazine rings is 1. The third-order valence-corrected chi connectivity index (χ3v) is 9.35. The highest BCUT2D eigenvalue weighted by molar-refractivity contribution is 6.35. The third-order valence-electron chi connectivity index (χ3n) is 9.05. The number of anilines is 3. The first kappa shape index (κ1) is 26.3. The largest absolute Gasteiger partial charge is 0.383 e. The lowest BCUT2D eigenvalue weighted by atomic mass is 9.89. The van der Waals surface area contributed by atoms with Crippen molar-refractivity contribution in [2.24, 2.45) is 7.05 Å². The van der Waals surface area contributed by atoms with Crippen LogP contribution < -0.4 is 11.1 Å². The summed E-state index contributed by atoms with van der Waals surface area (Å²) in [7, 11) is 4.19. The van der Waals surface area contributed by atoms with Crippen LogP contribution in [0.1, 0.15) is 31.7 Å². The molecule has 2 aromatic carbocycles. The Morgan fingerprint density at radius 2 is 1.63 bits per heavy atom. The molecule has 7 rings (SSSR count). The zero-order chi connectivity index (χ0) is 28.1. The zero-order valence-electron chi connectivity index (χ0n) is 23.6. The van der Waals surface area contributed by atoms with E-state index in [0.29, 0.717) is 22.9 Å². The lowest BCUT2D eigenvalue weighted by Gasteiger charge is -2.41. The van der Waals surface area contributed by atoms with Gasteiger partial charge < -0.3 is 25.1 Å². The molecule has 2 fully saturated rings. The number of hydrogen-bond acceptors (Lipinski definition) is 7. The van der Waals surface area contributed by atoms with Gasteiger partial charge in [-0.15, -0.1) is 0 Å².